The summed E-state index contributed by atoms with van der Waals surface area (Å²) in [4.78, 5) is 46.7. The minimum absolute atomic E-state index is 0. The van der Waals surface area contributed by atoms with Gasteiger partial charge in [0.2, 0.25) is 5.91 Å². The van der Waals surface area contributed by atoms with E-state index >= 15 is 0 Å². The first-order valence-corrected chi connectivity index (χ1v) is 13.8. The standard InChI is InChI=1S/C15H20ClNO5.C14H19ClN2O4.H3N/c1-15(2,3)22-14(20)17-12(13(19)21-4)7-9-5-6-10(18)8-11(9)16;1-14(2,3)21-13(20)17-11(12(16)19)6-8-4-5-9(18)7-10(8)15;/h5-6,8,12,18H,7H2,1-4H3,(H,17,20);4-5,7,11,18H,6H2,1-3H3,(H2,16,19)(H,17,20);1H3. The summed E-state index contributed by atoms with van der Waals surface area (Å²) >= 11 is 12.0. The van der Waals surface area contributed by atoms with E-state index in [0.29, 0.717) is 16.1 Å². The highest BCUT2D eigenvalue weighted by Gasteiger charge is 2.26. The number of aromatic hydroxyl groups is 2. The number of amides is 3. The number of methoxy groups -OCH3 is 1. The highest BCUT2D eigenvalue weighted by molar-refractivity contribution is 6.31. The molecule has 0 spiro atoms. The Morgan fingerprint density at radius 1 is 0.773 bits per heavy atom. The van der Waals surface area contributed by atoms with E-state index in [4.69, 9.17) is 38.4 Å². The van der Waals surface area contributed by atoms with Gasteiger partial charge in [0.15, 0.2) is 0 Å². The number of nitrogens with one attached hydrogen (secondary N) is 2. The van der Waals surface area contributed by atoms with Crippen molar-refractivity contribution in [2.45, 2.75) is 77.7 Å². The van der Waals surface area contributed by atoms with Gasteiger partial charge in [-0.3, -0.25) is 4.79 Å². The second-order valence-electron chi connectivity index (χ2n) is 11.3. The Bertz CT molecular complexity index is 1290. The second-order valence-corrected chi connectivity index (χ2v) is 12.1. The molecule has 0 aliphatic carbocycles. The van der Waals surface area contributed by atoms with Gasteiger partial charge in [-0.15, -0.1) is 0 Å². The zero-order valence-electron chi connectivity index (χ0n) is 25.8. The van der Waals surface area contributed by atoms with Crippen molar-refractivity contribution in [1.82, 2.24) is 16.8 Å². The Labute approximate surface area is 266 Å². The number of ether oxygens (including phenoxy) is 3. The van der Waals surface area contributed by atoms with Gasteiger partial charge in [0.25, 0.3) is 0 Å². The summed E-state index contributed by atoms with van der Waals surface area (Å²) in [6.07, 6.45) is -1.24. The number of carbonyl (C=O) groups is 4. The van der Waals surface area contributed by atoms with E-state index in [1.807, 2.05) is 0 Å². The summed E-state index contributed by atoms with van der Waals surface area (Å²) in [5.74, 6) is -1.29. The summed E-state index contributed by atoms with van der Waals surface area (Å²) in [7, 11) is 1.23. The molecule has 0 radical (unpaired) electrons. The van der Waals surface area contributed by atoms with Gasteiger partial charge in [-0.05, 0) is 76.9 Å². The van der Waals surface area contributed by atoms with Gasteiger partial charge in [0.1, 0.15) is 34.8 Å². The molecule has 15 heteroatoms. The maximum atomic E-state index is 11.8. The van der Waals surface area contributed by atoms with Crippen molar-refractivity contribution < 1.29 is 43.6 Å². The molecule has 0 aliphatic heterocycles. The quantitative estimate of drug-likeness (QED) is 0.168. The molecule has 3 amide bonds. The third-order valence-electron chi connectivity index (χ3n) is 5.13. The lowest BCUT2D eigenvalue weighted by molar-refractivity contribution is -0.143. The first kappa shape index (κ1) is 40.1. The fourth-order valence-electron chi connectivity index (χ4n) is 3.30. The Hall–Kier alpha value is -3.94. The van der Waals surface area contributed by atoms with Crippen LogP contribution in [0.15, 0.2) is 36.4 Å². The zero-order valence-corrected chi connectivity index (χ0v) is 27.3. The first-order chi connectivity index (χ1) is 19.7. The molecule has 246 valence electrons. The maximum absolute atomic E-state index is 11.8. The summed E-state index contributed by atoms with van der Waals surface area (Å²) in [5.41, 5.74) is 5.08. The number of rotatable bonds is 8. The van der Waals surface area contributed by atoms with Crippen LogP contribution in [0.25, 0.3) is 0 Å². The number of alkyl carbamates (subject to hydrolysis) is 2. The molecule has 0 bridgehead atoms. The molecule has 0 aromatic heterocycles. The number of nitrogens with two attached hydrogens (primary N) is 1. The lowest BCUT2D eigenvalue weighted by atomic mass is 10.1. The largest absolute Gasteiger partial charge is 0.508 e. The normalized spacial score (nSPS) is 12.2. The molecule has 0 saturated carbocycles. The minimum atomic E-state index is -0.957. The van der Waals surface area contributed by atoms with Crippen LogP contribution in [0.4, 0.5) is 9.59 Å². The smallest absolute Gasteiger partial charge is 0.408 e. The third-order valence-corrected chi connectivity index (χ3v) is 5.84. The van der Waals surface area contributed by atoms with E-state index in [0.717, 1.165) is 0 Å². The average molecular weight is 662 g/mol. The highest BCUT2D eigenvalue weighted by atomic mass is 35.5. The second kappa shape index (κ2) is 17.4. The number of halogens is 2. The molecule has 0 fully saturated rings. The molecule has 13 nitrogen and oxygen atoms in total. The van der Waals surface area contributed by atoms with Crippen molar-refractivity contribution >= 4 is 47.3 Å². The number of phenols is 2. The molecule has 0 saturated heterocycles. The van der Waals surface area contributed by atoms with E-state index < -0.39 is 47.3 Å². The van der Waals surface area contributed by atoms with E-state index in [1.54, 1.807) is 53.7 Å². The van der Waals surface area contributed by atoms with E-state index in [9.17, 15) is 29.4 Å². The van der Waals surface area contributed by atoms with Crippen molar-refractivity contribution in [3.63, 3.8) is 0 Å². The van der Waals surface area contributed by atoms with Gasteiger partial charge >= 0.3 is 18.2 Å². The molecule has 2 aromatic carbocycles. The van der Waals surface area contributed by atoms with Crippen LogP contribution in [0.1, 0.15) is 52.7 Å². The van der Waals surface area contributed by atoms with Gasteiger partial charge in [0.05, 0.1) is 7.11 Å². The summed E-state index contributed by atoms with van der Waals surface area (Å²) in [5, 5.41) is 24.1. The summed E-state index contributed by atoms with van der Waals surface area (Å²) < 4.78 is 14.9. The van der Waals surface area contributed by atoms with Crippen molar-refractivity contribution in [3.8, 4) is 11.5 Å². The fourth-order valence-corrected chi connectivity index (χ4v) is 3.81. The van der Waals surface area contributed by atoms with Crippen LogP contribution in [0.5, 0.6) is 11.5 Å². The number of esters is 1. The number of carbonyl (C=O) groups excluding carboxylic acids is 4. The number of phenolic OH excluding ortho intramolecular Hbond substituents is 2. The molecule has 2 unspecified atom stereocenters. The van der Waals surface area contributed by atoms with Crippen LogP contribution in [0, 0.1) is 0 Å². The molecule has 2 aromatic rings. The van der Waals surface area contributed by atoms with Crippen molar-refractivity contribution in [2.75, 3.05) is 7.11 Å². The summed E-state index contributed by atoms with van der Waals surface area (Å²) in [6.45, 7) is 10.3. The highest BCUT2D eigenvalue weighted by Crippen LogP contribution is 2.24. The molecule has 9 N–H and O–H groups in total. The van der Waals surface area contributed by atoms with Crippen LogP contribution in [-0.2, 0) is 36.6 Å². The lowest BCUT2D eigenvalue weighted by Gasteiger charge is -2.22. The Morgan fingerprint density at radius 3 is 1.45 bits per heavy atom. The number of hydrogen-bond acceptors (Lipinski definition) is 10. The molecule has 0 heterocycles. The molecule has 0 aliphatic rings. The lowest BCUT2D eigenvalue weighted by Crippen LogP contribution is -2.47. The molecular weight excluding hydrogens is 619 g/mol. The zero-order chi connectivity index (χ0) is 33.1. The van der Waals surface area contributed by atoms with E-state index in [2.05, 4.69) is 15.4 Å². The predicted octanol–water partition coefficient (Wildman–Crippen LogP) is 4.78. The topological polar surface area (TPSA) is 222 Å². The van der Waals surface area contributed by atoms with Gasteiger partial charge in [-0.2, -0.15) is 0 Å². The fraction of sp³-hybridized carbons (Fsp3) is 0.448. The van der Waals surface area contributed by atoms with Crippen LogP contribution < -0.4 is 22.5 Å². The molecular formula is C29H42Cl2N4O9. The number of hydrogen-bond donors (Lipinski definition) is 6. The SMILES string of the molecule is CC(C)(C)OC(=O)NC(Cc1ccc(O)cc1Cl)C(N)=O.COC(=O)C(Cc1ccc(O)cc1Cl)NC(=O)OC(C)(C)C.N. The van der Waals surface area contributed by atoms with Crippen molar-refractivity contribution in [2.24, 2.45) is 5.73 Å². The van der Waals surface area contributed by atoms with Gasteiger partial charge in [0, 0.05) is 22.9 Å². The number of primary amides is 1. The van der Waals surface area contributed by atoms with E-state index in [-0.39, 0.29) is 35.5 Å². The predicted molar refractivity (Wildman–Crippen MR) is 166 cm³/mol. The average Bonchev–Trinajstić information content (AvgIpc) is 2.83. The number of benzene rings is 2. The van der Waals surface area contributed by atoms with Crippen LogP contribution >= 0.6 is 23.2 Å². The monoisotopic (exact) mass is 660 g/mol. The van der Waals surface area contributed by atoms with Crippen LogP contribution in [0.2, 0.25) is 10.0 Å². The third kappa shape index (κ3) is 15.5. The molecule has 2 rings (SSSR count). The summed E-state index contributed by atoms with van der Waals surface area (Å²) in [6, 6.07) is 6.83. The van der Waals surface area contributed by atoms with Gasteiger partial charge in [-0.1, -0.05) is 35.3 Å². The Balaban J connectivity index is 0.000000823. The van der Waals surface area contributed by atoms with Crippen molar-refractivity contribution in [3.05, 3.63) is 57.6 Å². The Kier molecular flexibility index (Phi) is 15.8. The van der Waals surface area contributed by atoms with Gasteiger partial charge in [-0.25, -0.2) is 14.4 Å². The molecule has 44 heavy (non-hydrogen) atoms. The van der Waals surface area contributed by atoms with E-state index in [1.165, 1.54) is 31.4 Å². The van der Waals surface area contributed by atoms with Crippen LogP contribution in [-0.4, -0.2) is 64.7 Å². The minimum Gasteiger partial charge on any atom is -0.508 e. The van der Waals surface area contributed by atoms with Crippen LogP contribution in [0.3, 0.4) is 0 Å². The molecule has 2 atom stereocenters. The van der Waals surface area contributed by atoms with Crippen molar-refractivity contribution in [1.29, 1.82) is 0 Å². The first-order valence-electron chi connectivity index (χ1n) is 13.0. The maximum Gasteiger partial charge on any atom is 0.408 e. The Morgan fingerprint density at radius 2 is 1.14 bits per heavy atom. The van der Waals surface area contributed by atoms with Gasteiger partial charge < -0.3 is 46.9 Å².